The van der Waals surface area contributed by atoms with E-state index in [-0.39, 0.29) is 12.0 Å². The van der Waals surface area contributed by atoms with Crippen molar-refractivity contribution in [1.82, 2.24) is 20.5 Å². The van der Waals surface area contributed by atoms with Gasteiger partial charge in [-0.15, -0.1) is 5.10 Å². The summed E-state index contributed by atoms with van der Waals surface area (Å²) >= 11 is 0. The van der Waals surface area contributed by atoms with Crippen LogP contribution in [0.25, 0.3) is 0 Å². The molecule has 1 aliphatic rings. The highest BCUT2D eigenvalue weighted by molar-refractivity contribution is 5.30. The van der Waals surface area contributed by atoms with Crippen LogP contribution >= 0.6 is 0 Å². The fraction of sp³-hybridized carbons (Fsp3) is 0.429. The molecule has 1 aromatic carbocycles. The van der Waals surface area contributed by atoms with E-state index < -0.39 is 11.6 Å². The Labute approximate surface area is 121 Å². The molecule has 0 amide bonds. The summed E-state index contributed by atoms with van der Waals surface area (Å²) in [7, 11) is 0. The van der Waals surface area contributed by atoms with Gasteiger partial charge in [0.05, 0.1) is 0 Å². The number of nitrogens with zero attached hydrogens (tertiary/aromatic N) is 3. The standard InChI is InChI=1S/C14H17F2N5/c15-11-4-1-3-10(13(11)16)9-12-18-14(20-19-12)21-7-2-5-17-6-8-21/h1,3-4,17H,2,5-9H2,(H,18,19,20). The first-order valence-electron chi connectivity index (χ1n) is 7.04. The zero-order valence-corrected chi connectivity index (χ0v) is 11.6. The summed E-state index contributed by atoms with van der Waals surface area (Å²) < 4.78 is 26.8. The van der Waals surface area contributed by atoms with Crippen LogP contribution in [0.15, 0.2) is 18.2 Å². The molecule has 112 valence electrons. The zero-order valence-electron chi connectivity index (χ0n) is 11.6. The third kappa shape index (κ3) is 3.18. The fourth-order valence-corrected chi connectivity index (χ4v) is 2.42. The van der Waals surface area contributed by atoms with E-state index in [0.717, 1.165) is 38.7 Å². The molecule has 0 bridgehead atoms. The first-order valence-corrected chi connectivity index (χ1v) is 7.04. The Morgan fingerprint density at radius 3 is 3.00 bits per heavy atom. The second-order valence-corrected chi connectivity index (χ2v) is 5.06. The number of hydrogen-bond acceptors (Lipinski definition) is 4. The lowest BCUT2D eigenvalue weighted by atomic mass is 10.1. The Kier molecular flexibility index (Phi) is 4.10. The van der Waals surface area contributed by atoms with Crippen LogP contribution < -0.4 is 10.2 Å². The normalized spacial score (nSPS) is 16.0. The van der Waals surface area contributed by atoms with Gasteiger partial charge in [0.25, 0.3) is 0 Å². The van der Waals surface area contributed by atoms with Gasteiger partial charge < -0.3 is 10.2 Å². The Balaban J connectivity index is 1.74. The molecule has 7 heteroatoms. The minimum Gasteiger partial charge on any atom is -0.338 e. The number of hydrogen-bond donors (Lipinski definition) is 2. The van der Waals surface area contributed by atoms with Crippen molar-refractivity contribution >= 4 is 5.95 Å². The van der Waals surface area contributed by atoms with Crippen LogP contribution in [0.3, 0.4) is 0 Å². The smallest absolute Gasteiger partial charge is 0.244 e. The largest absolute Gasteiger partial charge is 0.338 e. The molecule has 1 aromatic heterocycles. The number of nitrogens with one attached hydrogen (secondary N) is 2. The fourth-order valence-electron chi connectivity index (χ4n) is 2.42. The molecule has 2 aromatic rings. The maximum atomic E-state index is 13.6. The molecule has 0 spiro atoms. The Hall–Kier alpha value is -2.02. The third-order valence-corrected chi connectivity index (χ3v) is 3.53. The first kappa shape index (κ1) is 13.9. The number of aromatic nitrogens is 3. The summed E-state index contributed by atoms with van der Waals surface area (Å²) in [6.45, 7) is 3.61. The summed E-state index contributed by atoms with van der Waals surface area (Å²) in [6.07, 6.45) is 1.23. The number of halogens is 2. The van der Waals surface area contributed by atoms with Crippen molar-refractivity contribution in [3.8, 4) is 0 Å². The van der Waals surface area contributed by atoms with Crippen molar-refractivity contribution in [2.45, 2.75) is 12.8 Å². The highest BCUT2D eigenvalue weighted by Crippen LogP contribution is 2.16. The molecule has 0 saturated carbocycles. The maximum absolute atomic E-state index is 13.6. The molecule has 0 unspecified atom stereocenters. The van der Waals surface area contributed by atoms with Crippen molar-refractivity contribution in [2.24, 2.45) is 0 Å². The number of H-pyrrole nitrogens is 1. The van der Waals surface area contributed by atoms with Crippen molar-refractivity contribution < 1.29 is 8.78 Å². The van der Waals surface area contributed by atoms with Crippen LogP contribution in [-0.4, -0.2) is 41.4 Å². The molecule has 0 atom stereocenters. The van der Waals surface area contributed by atoms with Crippen LogP contribution in [0, 0.1) is 11.6 Å². The lowest BCUT2D eigenvalue weighted by molar-refractivity contribution is 0.500. The van der Waals surface area contributed by atoms with E-state index in [1.165, 1.54) is 6.07 Å². The van der Waals surface area contributed by atoms with Crippen LogP contribution in [0.4, 0.5) is 14.7 Å². The predicted molar refractivity (Wildman–Crippen MR) is 75.2 cm³/mol. The molecule has 21 heavy (non-hydrogen) atoms. The number of aromatic amines is 1. The third-order valence-electron chi connectivity index (χ3n) is 3.53. The molecule has 1 fully saturated rings. The van der Waals surface area contributed by atoms with Crippen LogP contribution in [0.1, 0.15) is 17.8 Å². The van der Waals surface area contributed by atoms with Crippen molar-refractivity contribution in [2.75, 3.05) is 31.1 Å². The van der Waals surface area contributed by atoms with Crippen LogP contribution in [0.5, 0.6) is 0 Å². The Bertz CT molecular complexity index is 605. The van der Waals surface area contributed by atoms with Crippen LogP contribution in [0.2, 0.25) is 0 Å². The molecule has 2 heterocycles. The average Bonchev–Trinajstić information content (AvgIpc) is 2.77. The summed E-state index contributed by atoms with van der Waals surface area (Å²) in [4.78, 5) is 6.47. The van der Waals surface area contributed by atoms with E-state index in [1.54, 1.807) is 6.07 Å². The van der Waals surface area contributed by atoms with Gasteiger partial charge in [-0.25, -0.2) is 8.78 Å². The molecule has 3 rings (SSSR count). The van der Waals surface area contributed by atoms with Gasteiger partial charge in [0.2, 0.25) is 5.95 Å². The van der Waals surface area contributed by atoms with E-state index in [1.807, 2.05) is 0 Å². The number of rotatable bonds is 3. The molecular weight excluding hydrogens is 276 g/mol. The predicted octanol–water partition coefficient (Wildman–Crippen LogP) is 1.47. The van der Waals surface area contributed by atoms with Crippen molar-refractivity contribution in [3.05, 3.63) is 41.2 Å². The molecule has 2 N–H and O–H groups in total. The van der Waals surface area contributed by atoms with Gasteiger partial charge in [0, 0.05) is 26.1 Å². The highest BCUT2D eigenvalue weighted by Gasteiger charge is 2.15. The van der Waals surface area contributed by atoms with Gasteiger partial charge in [0.1, 0.15) is 5.82 Å². The Morgan fingerprint density at radius 2 is 2.10 bits per heavy atom. The number of benzene rings is 1. The first-order chi connectivity index (χ1) is 10.2. The van der Waals surface area contributed by atoms with Gasteiger partial charge in [-0.2, -0.15) is 4.98 Å². The molecule has 1 saturated heterocycles. The second-order valence-electron chi connectivity index (χ2n) is 5.06. The van der Waals surface area contributed by atoms with Gasteiger partial charge >= 0.3 is 0 Å². The second kappa shape index (κ2) is 6.17. The molecule has 5 nitrogen and oxygen atoms in total. The minimum absolute atomic E-state index is 0.197. The summed E-state index contributed by atoms with van der Waals surface area (Å²) in [6, 6.07) is 4.15. The maximum Gasteiger partial charge on any atom is 0.244 e. The summed E-state index contributed by atoms with van der Waals surface area (Å²) in [5.41, 5.74) is 0.273. The highest BCUT2D eigenvalue weighted by atomic mass is 19.2. The summed E-state index contributed by atoms with van der Waals surface area (Å²) in [5.74, 6) is -0.516. The van der Waals surface area contributed by atoms with Gasteiger partial charge in [-0.05, 0) is 24.6 Å². The number of anilines is 1. The minimum atomic E-state index is -0.842. The van der Waals surface area contributed by atoms with Gasteiger partial charge in [-0.3, -0.25) is 5.10 Å². The quantitative estimate of drug-likeness (QED) is 0.900. The Morgan fingerprint density at radius 1 is 1.19 bits per heavy atom. The van der Waals surface area contributed by atoms with Crippen molar-refractivity contribution in [3.63, 3.8) is 0 Å². The molecular formula is C14H17F2N5. The topological polar surface area (TPSA) is 56.8 Å². The monoisotopic (exact) mass is 293 g/mol. The van der Waals surface area contributed by atoms with E-state index in [0.29, 0.717) is 11.8 Å². The SMILES string of the molecule is Fc1cccc(Cc2nc(N3CCCNCC3)n[nH]2)c1F. The molecule has 0 aliphatic carbocycles. The zero-order chi connectivity index (χ0) is 14.7. The van der Waals surface area contributed by atoms with Gasteiger partial charge in [-0.1, -0.05) is 12.1 Å². The molecule has 0 radical (unpaired) electrons. The van der Waals surface area contributed by atoms with Crippen LogP contribution in [-0.2, 0) is 6.42 Å². The van der Waals surface area contributed by atoms with E-state index in [2.05, 4.69) is 25.4 Å². The van der Waals surface area contributed by atoms with E-state index in [9.17, 15) is 8.78 Å². The average molecular weight is 293 g/mol. The van der Waals surface area contributed by atoms with E-state index >= 15 is 0 Å². The lowest BCUT2D eigenvalue weighted by Gasteiger charge is -2.16. The molecule has 1 aliphatic heterocycles. The van der Waals surface area contributed by atoms with Gasteiger partial charge in [0.15, 0.2) is 11.6 Å². The van der Waals surface area contributed by atoms with E-state index in [4.69, 9.17) is 0 Å². The lowest BCUT2D eigenvalue weighted by Crippen LogP contribution is -2.28. The summed E-state index contributed by atoms with van der Waals surface area (Å²) in [5, 5.41) is 10.3. The van der Waals surface area contributed by atoms with Crippen molar-refractivity contribution in [1.29, 1.82) is 0 Å².